The second kappa shape index (κ2) is 6.21. The summed E-state index contributed by atoms with van der Waals surface area (Å²) in [4.78, 5) is 23.6. The molecule has 4 aliphatic rings. The van der Waals surface area contributed by atoms with E-state index in [1.165, 1.54) is 26.2 Å². The van der Waals surface area contributed by atoms with Gasteiger partial charge in [0, 0.05) is 12.8 Å². The van der Waals surface area contributed by atoms with Gasteiger partial charge in [-0.2, -0.15) is 0 Å². The Kier molecular flexibility index (Phi) is 4.36. The number of ketones is 1. The lowest BCUT2D eigenvalue weighted by molar-refractivity contribution is -0.154. The second-order valence-corrected chi connectivity index (χ2v) is 10.0. The number of fused-ring (bicyclic) bond motifs is 5. The highest BCUT2D eigenvalue weighted by atomic mass is 16.5. The zero-order chi connectivity index (χ0) is 18.7. The van der Waals surface area contributed by atoms with Crippen LogP contribution >= 0.6 is 0 Å². The summed E-state index contributed by atoms with van der Waals surface area (Å²) in [7, 11) is 0. The minimum absolute atomic E-state index is 0.0745. The fourth-order valence-electron chi connectivity index (χ4n) is 7.58. The van der Waals surface area contributed by atoms with Crippen LogP contribution in [0.2, 0.25) is 0 Å². The number of esters is 1. The van der Waals surface area contributed by atoms with Crippen molar-refractivity contribution >= 4 is 11.8 Å². The molecule has 4 rings (SSSR count). The van der Waals surface area contributed by atoms with E-state index in [1.807, 2.05) is 0 Å². The van der Waals surface area contributed by atoms with Crippen molar-refractivity contribution in [2.24, 2.45) is 40.4 Å². The first kappa shape index (κ1) is 18.3. The maximum atomic E-state index is 12.2. The smallest absolute Gasteiger partial charge is 0.302 e. The molecule has 26 heavy (non-hydrogen) atoms. The maximum Gasteiger partial charge on any atom is 0.302 e. The lowest BCUT2D eigenvalue weighted by Gasteiger charge is -2.58. The summed E-state index contributed by atoms with van der Waals surface area (Å²) in [5.41, 5.74) is 0.400. The van der Waals surface area contributed by atoms with Crippen LogP contribution in [0, 0.1) is 40.4 Å². The number of hydrogen-bond acceptors (Lipinski definition) is 3. The molecule has 0 bridgehead atoms. The van der Waals surface area contributed by atoms with Crippen molar-refractivity contribution in [1.82, 2.24) is 0 Å². The Labute approximate surface area is 157 Å². The van der Waals surface area contributed by atoms with Crippen molar-refractivity contribution in [3.63, 3.8) is 0 Å². The summed E-state index contributed by atoms with van der Waals surface area (Å²) in [6.45, 7) is 8.14. The standard InChI is InChI=1S/C23H34O3/c1-14(24)19-7-8-20-18-6-5-16-13-17(26-15(2)25)9-11-22(16,3)21(18)10-12-23(19,20)4/h10,12,16-21H,5-9,11,13H2,1-4H3/t16-,17-,18+,19-,20+,21+,22+,23-/m1/s1. The van der Waals surface area contributed by atoms with Crippen LogP contribution in [-0.2, 0) is 14.3 Å². The van der Waals surface area contributed by atoms with E-state index in [2.05, 4.69) is 26.0 Å². The maximum absolute atomic E-state index is 12.2. The predicted octanol–water partition coefficient (Wildman–Crippen LogP) is 4.94. The van der Waals surface area contributed by atoms with Crippen molar-refractivity contribution in [2.45, 2.75) is 78.7 Å². The van der Waals surface area contributed by atoms with Gasteiger partial charge in [0.05, 0.1) is 0 Å². The van der Waals surface area contributed by atoms with Crippen LogP contribution in [0.4, 0.5) is 0 Å². The van der Waals surface area contributed by atoms with Crippen LogP contribution in [0.15, 0.2) is 12.2 Å². The molecule has 0 unspecified atom stereocenters. The normalized spacial score (nSPS) is 49.7. The Bertz CT molecular complexity index is 637. The molecule has 0 heterocycles. The van der Waals surface area contributed by atoms with E-state index in [9.17, 15) is 9.59 Å². The van der Waals surface area contributed by atoms with E-state index in [1.54, 1.807) is 6.92 Å². The first-order chi connectivity index (χ1) is 12.3. The van der Waals surface area contributed by atoms with Crippen molar-refractivity contribution < 1.29 is 14.3 Å². The second-order valence-electron chi connectivity index (χ2n) is 10.0. The molecular weight excluding hydrogens is 324 g/mol. The van der Waals surface area contributed by atoms with E-state index >= 15 is 0 Å². The van der Waals surface area contributed by atoms with E-state index < -0.39 is 0 Å². The molecule has 3 saturated carbocycles. The fraction of sp³-hybridized carbons (Fsp3) is 0.826. The number of carbonyl (C=O) groups is 2. The summed E-state index contributed by atoms with van der Waals surface area (Å²) in [6.07, 6.45) is 13.0. The van der Waals surface area contributed by atoms with Crippen molar-refractivity contribution in [3.05, 3.63) is 12.2 Å². The highest BCUT2D eigenvalue weighted by Gasteiger charge is 2.59. The predicted molar refractivity (Wildman–Crippen MR) is 101 cm³/mol. The van der Waals surface area contributed by atoms with Gasteiger partial charge in [0.2, 0.25) is 0 Å². The molecular formula is C23H34O3. The van der Waals surface area contributed by atoms with Crippen LogP contribution in [0.25, 0.3) is 0 Å². The molecule has 0 N–H and O–H groups in total. The average molecular weight is 359 g/mol. The Morgan fingerprint density at radius 2 is 1.81 bits per heavy atom. The zero-order valence-electron chi connectivity index (χ0n) is 16.8. The van der Waals surface area contributed by atoms with Gasteiger partial charge in [-0.05, 0) is 86.4 Å². The molecule has 3 heteroatoms. The van der Waals surface area contributed by atoms with E-state index in [4.69, 9.17) is 4.74 Å². The molecule has 3 fully saturated rings. The third kappa shape index (κ3) is 2.60. The van der Waals surface area contributed by atoms with E-state index in [-0.39, 0.29) is 23.4 Å². The highest BCUT2D eigenvalue weighted by Crippen LogP contribution is 2.65. The Morgan fingerprint density at radius 3 is 2.50 bits per heavy atom. The van der Waals surface area contributed by atoms with Crippen LogP contribution in [0.5, 0.6) is 0 Å². The molecule has 0 saturated heterocycles. The van der Waals surface area contributed by atoms with Gasteiger partial charge in [-0.15, -0.1) is 0 Å². The molecule has 4 aliphatic carbocycles. The third-order valence-electron chi connectivity index (χ3n) is 8.88. The van der Waals surface area contributed by atoms with Crippen LogP contribution in [0.3, 0.4) is 0 Å². The zero-order valence-corrected chi connectivity index (χ0v) is 16.8. The SMILES string of the molecule is CC(=O)O[C@@H]1CC[C@@]2(C)[C@H](CC[C@H]3[C@@H]4CC[C@H](C(C)=O)[C@@]4(C)C=C[C@@H]32)C1. The third-order valence-corrected chi connectivity index (χ3v) is 8.88. The molecule has 0 aromatic heterocycles. The number of allylic oxidation sites excluding steroid dienone is 2. The van der Waals surface area contributed by atoms with Gasteiger partial charge < -0.3 is 4.74 Å². The van der Waals surface area contributed by atoms with Gasteiger partial charge in [0.25, 0.3) is 0 Å². The van der Waals surface area contributed by atoms with Crippen LogP contribution in [0.1, 0.15) is 72.6 Å². The lowest BCUT2D eigenvalue weighted by atomic mass is 9.46. The van der Waals surface area contributed by atoms with Crippen LogP contribution in [-0.4, -0.2) is 17.9 Å². The molecule has 3 nitrogen and oxygen atoms in total. The highest BCUT2D eigenvalue weighted by molar-refractivity contribution is 5.80. The quantitative estimate of drug-likeness (QED) is 0.518. The van der Waals surface area contributed by atoms with Gasteiger partial charge >= 0.3 is 5.97 Å². The number of rotatable bonds is 2. The lowest BCUT2D eigenvalue weighted by Crippen LogP contribution is -2.52. The van der Waals surface area contributed by atoms with Crippen LogP contribution < -0.4 is 0 Å². The van der Waals surface area contributed by atoms with Gasteiger partial charge in [-0.25, -0.2) is 0 Å². The Morgan fingerprint density at radius 1 is 1.04 bits per heavy atom. The molecule has 0 aliphatic heterocycles. The summed E-state index contributed by atoms with van der Waals surface area (Å²) >= 11 is 0. The number of carbonyl (C=O) groups excluding carboxylic acids is 2. The fourth-order valence-corrected chi connectivity index (χ4v) is 7.58. The summed E-state index contributed by atoms with van der Waals surface area (Å²) in [5.74, 6) is 3.12. The minimum Gasteiger partial charge on any atom is -0.463 e. The van der Waals surface area contributed by atoms with Crippen molar-refractivity contribution in [3.8, 4) is 0 Å². The number of hydrogen-bond donors (Lipinski definition) is 0. The van der Waals surface area contributed by atoms with Crippen molar-refractivity contribution in [2.75, 3.05) is 0 Å². The van der Waals surface area contributed by atoms with Gasteiger partial charge in [-0.1, -0.05) is 26.0 Å². The summed E-state index contributed by atoms with van der Waals surface area (Å²) in [6, 6.07) is 0. The van der Waals surface area contributed by atoms with Gasteiger partial charge in [-0.3, -0.25) is 9.59 Å². The number of Topliss-reactive ketones (excluding diaryl/α,β-unsaturated/α-hetero) is 1. The summed E-state index contributed by atoms with van der Waals surface area (Å²) in [5, 5.41) is 0. The Hall–Kier alpha value is -1.12. The molecule has 0 aromatic carbocycles. The minimum atomic E-state index is -0.137. The topological polar surface area (TPSA) is 43.4 Å². The molecule has 8 atom stereocenters. The van der Waals surface area contributed by atoms with Gasteiger partial charge in [0.15, 0.2) is 0 Å². The number of ether oxygens (including phenoxy) is 1. The van der Waals surface area contributed by atoms with Gasteiger partial charge in [0.1, 0.15) is 11.9 Å². The first-order valence-corrected chi connectivity index (χ1v) is 10.6. The Balaban J connectivity index is 1.59. The van der Waals surface area contributed by atoms with Crippen molar-refractivity contribution in [1.29, 1.82) is 0 Å². The molecule has 0 radical (unpaired) electrons. The molecule has 144 valence electrons. The average Bonchev–Trinajstić information content (AvgIpc) is 2.92. The molecule has 0 amide bonds. The largest absolute Gasteiger partial charge is 0.463 e. The summed E-state index contributed by atoms with van der Waals surface area (Å²) < 4.78 is 5.55. The molecule has 0 aromatic rings. The van der Waals surface area contributed by atoms with E-state index in [0.29, 0.717) is 29.0 Å². The van der Waals surface area contributed by atoms with E-state index in [0.717, 1.165) is 31.6 Å². The first-order valence-electron chi connectivity index (χ1n) is 10.6. The monoisotopic (exact) mass is 358 g/mol. The molecule has 0 spiro atoms.